The fourth-order valence-corrected chi connectivity index (χ4v) is 5.08. The first kappa shape index (κ1) is 33.1. The zero-order chi connectivity index (χ0) is 30.2. The first-order chi connectivity index (χ1) is 19.6. The summed E-state index contributed by atoms with van der Waals surface area (Å²) in [6, 6.07) is 17.6. The molecule has 4 N–H and O–H groups in total. The number of fused-ring (bicyclic) bond motifs is 2. The molecule has 0 radical (unpaired) electrons. The Morgan fingerprint density at radius 1 is 0.659 bits per heavy atom. The van der Waals surface area contributed by atoms with E-state index in [1.54, 1.807) is 0 Å². The summed E-state index contributed by atoms with van der Waals surface area (Å²) in [6.07, 6.45) is 4.74. The van der Waals surface area contributed by atoms with E-state index in [9.17, 15) is 19.2 Å². The fraction of sp³-hybridized carbons (Fsp3) is 0.310. The lowest BCUT2D eigenvalue weighted by Gasteiger charge is -2.34. The van der Waals surface area contributed by atoms with Gasteiger partial charge in [-0.1, -0.05) is 36.0 Å². The third-order valence-electron chi connectivity index (χ3n) is 5.97. The highest BCUT2D eigenvalue weighted by Gasteiger charge is 2.22. The van der Waals surface area contributed by atoms with Crippen molar-refractivity contribution in [3.8, 4) is 0 Å². The number of likely N-dealkylation sites (N-methyl/N-ethyl adjacent to an activating group) is 1. The topological polar surface area (TPSA) is 159 Å². The Hall–Kier alpha value is -4.13. The predicted molar refractivity (Wildman–Crippen MR) is 156 cm³/mol. The number of carboxylic acids is 4. The Kier molecular flexibility index (Phi) is 14.1. The summed E-state index contributed by atoms with van der Waals surface area (Å²) in [4.78, 5) is 48.5. The summed E-state index contributed by atoms with van der Waals surface area (Å²) in [5, 5.41) is 31.2. The fourth-order valence-electron chi connectivity index (χ4n) is 3.98. The average molecular weight is 586 g/mol. The number of carboxylic acid groups (broad SMARTS) is 4. The van der Waals surface area contributed by atoms with Crippen molar-refractivity contribution in [3.63, 3.8) is 0 Å². The first-order valence-electron chi connectivity index (χ1n) is 12.9. The van der Waals surface area contributed by atoms with Crippen LogP contribution in [-0.4, -0.2) is 100 Å². The van der Waals surface area contributed by atoms with Gasteiger partial charge in [-0.15, -0.1) is 0 Å². The first-order valence-corrected chi connectivity index (χ1v) is 13.7. The van der Waals surface area contributed by atoms with Gasteiger partial charge < -0.3 is 35.1 Å². The van der Waals surface area contributed by atoms with E-state index in [2.05, 4.69) is 70.3 Å². The highest BCUT2D eigenvalue weighted by atomic mass is 32.2. The zero-order valence-electron chi connectivity index (χ0n) is 22.8. The number of hydrogen-bond donors (Lipinski definition) is 4. The molecule has 0 spiro atoms. The second-order valence-corrected chi connectivity index (χ2v) is 10.1. The number of unbranched alkanes of at least 4 members (excludes halogenated alkanes) is 1. The van der Waals surface area contributed by atoms with Crippen molar-refractivity contribution in [2.45, 2.75) is 22.6 Å². The highest BCUT2D eigenvalue weighted by Crippen LogP contribution is 2.47. The predicted octanol–water partition coefficient (Wildman–Crippen LogP) is 3.74. The molecule has 2 aliphatic rings. The van der Waals surface area contributed by atoms with Crippen molar-refractivity contribution in [2.75, 3.05) is 51.2 Å². The van der Waals surface area contributed by atoms with Gasteiger partial charge in [0.05, 0.1) is 11.4 Å². The Morgan fingerprint density at radius 2 is 1.05 bits per heavy atom. The molecule has 0 saturated carbocycles. The van der Waals surface area contributed by atoms with Crippen LogP contribution in [0.1, 0.15) is 12.8 Å². The van der Waals surface area contributed by atoms with Gasteiger partial charge in [-0.05, 0) is 50.7 Å². The molecule has 2 aromatic carbocycles. The molecule has 220 valence electrons. The summed E-state index contributed by atoms with van der Waals surface area (Å²) in [5.41, 5.74) is 2.73. The van der Waals surface area contributed by atoms with Gasteiger partial charge in [0, 0.05) is 66.8 Å². The Balaban J connectivity index is 0.000000304. The van der Waals surface area contributed by atoms with Gasteiger partial charge in [-0.2, -0.15) is 0 Å². The van der Waals surface area contributed by atoms with E-state index >= 15 is 0 Å². The molecule has 0 bridgehead atoms. The minimum Gasteiger partial charge on any atom is -0.478 e. The van der Waals surface area contributed by atoms with Crippen molar-refractivity contribution >= 4 is 47.0 Å². The van der Waals surface area contributed by atoms with Crippen LogP contribution in [-0.2, 0) is 19.2 Å². The van der Waals surface area contributed by atoms with Gasteiger partial charge in [0.15, 0.2) is 0 Å². The van der Waals surface area contributed by atoms with Crippen LogP contribution in [0.5, 0.6) is 0 Å². The number of benzene rings is 2. The molecule has 1 fully saturated rings. The molecule has 0 aromatic heterocycles. The molecule has 11 nitrogen and oxygen atoms in total. The summed E-state index contributed by atoms with van der Waals surface area (Å²) in [5.74, 6) is -5.03. The molecular formula is C29H35N3O8S. The second kappa shape index (κ2) is 17.5. The quantitative estimate of drug-likeness (QED) is 0.250. The smallest absolute Gasteiger partial charge is 0.328 e. The third-order valence-corrected chi connectivity index (χ3v) is 7.10. The molecule has 0 amide bonds. The Bertz CT molecular complexity index is 1130. The average Bonchev–Trinajstić information content (AvgIpc) is 2.94. The van der Waals surface area contributed by atoms with Gasteiger partial charge in [-0.3, -0.25) is 0 Å². The van der Waals surface area contributed by atoms with Crippen molar-refractivity contribution < 1.29 is 39.6 Å². The van der Waals surface area contributed by atoms with Crippen molar-refractivity contribution in [1.29, 1.82) is 0 Å². The number of hydrogen-bond acceptors (Lipinski definition) is 8. The Labute approximate surface area is 243 Å². The summed E-state index contributed by atoms with van der Waals surface area (Å²) in [7, 11) is 2.22. The molecule has 2 aliphatic heterocycles. The monoisotopic (exact) mass is 585 g/mol. The molecular weight excluding hydrogens is 550 g/mol. The van der Waals surface area contributed by atoms with Gasteiger partial charge in [0.2, 0.25) is 0 Å². The standard InChI is InChI=1S/C21H27N3S.2C4H4O4/c1-22-14-16-23(17-15-22)12-6-7-13-24-18-8-2-4-10-20(18)25-21-11-5-3-9-19(21)24;2*5-3(6)1-2-4(7)8/h2-5,8-11H,6-7,12-17H2,1H3;2*1-2H,(H,5,6)(H,7,8)/b;2*2-1-. The second-order valence-electron chi connectivity index (χ2n) is 9.06. The lowest BCUT2D eigenvalue weighted by molar-refractivity contribution is -0.134. The van der Waals surface area contributed by atoms with Crippen LogP contribution in [0, 0.1) is 0 Å². The van der Waals surface area contributed by atoms with Crippen LogP contribution >= 0.6 is 11.8 Å². The maximum Gasteiger partial charge on any atom is 0.328 e. The molecule has 41 heavy (non-hydrogen) atoms. The SMILES string of the molecule is CN1CCN(CCCCN2c3ccccc3Sc3ccccc32)CC1.O=C(O)/C=C\C(=O)O.O=C(O)/C=C\C(=O)O. The molecule has 0 atom stereocenters. The van der Waals surface area contributed by atoms with Gasteiger partial charge >= 0.3 is 23.9 Å². The maximum atomic E-state index is 9.55. The van der Waals surface area contributed by atoms with E-state index in [0.29, 0.717) is 24.3 Å². The van der Waals surface area contributed by atoms with Crippen LogP contribution in [0.25, 0.3) is 0 Å². The van der Waals surface area contributed by atoms with Crippen molar-refractivity contribution in [3.05, 3.63) is 72.8 Å². The molecule has 12 heteroatoms. The summed E-state index contributed by atoms with van der Waals surface area (Å²) >= 11 is 1.89. The van der Waals surface area contributed by atoms with E-state index < -0.39 is 23.9 Å². The van der Waals surface area contributed by atoms with Crippen LogP contribution in [0.4, 0.5) is 11.4 Å². The lowest BCUT2D eigenvalue weighted by Crippen LogP contribution is -2.44. The van der Waals surface area contributed by atoms with Gasteiger partial charge in [0.25, 0.3) is 0 Å². The minimum absolute atomic E-state index is 0.558. The molecule has 2 heterocycles. The van der Waals surface area contributed by atoms with Gasteiger partial charge in [0.1, 0.15) is 0 Å². The van der Waals surface area contributed by atoms with E-state index in [1.165, 1.54) is 66.7 Å². The van der Waals surface area contributed by atoms with Crippen molar-refractivity contribution in [1.82, 2.24) is 9.80 Å². The summed E-state index contributed by atoms with van der Waals surface area (Å²) in [6.45, 7) is 7.21. The molecule has 2 aromatic rings. The van der Waals surface area contributed by atoms with Crippen LogP contribution in [0.2, 0.25) is 0 Å². The highest BCUT2D eigenvalue weighted by molar-refractivity contribution is 7.99. The maximum absolute atomic E-state index is 9.55. The number of rotatable bonds is 9. The normalized spacial score (nSPS) is 14.7. The number of piperazine rings is 1. The van der Waals surface area contributed by atoms with Crippen molar-refractivity contribution in [2.24, 2.45) is 0 Å². The minimum atomic E-state index is -1.26. The van der Waals surface area contributed by atoms with Crippen LogP contribution in [0.15, 0.2) is 82.6 Å². The van der Waals surface area contributed by atoms with E-state index in [-0.39, 0.29) is 0 Å². The largest absolute Gasteiger partial charge is 0.478 e. The summed E-state index contributed by atoms with van der Waals surface area (Å²) < 4.78 is 0. The van der Waals surface area contributed by atoms with Crippen LogP contribution in [0.3, 0.4) is 0 Å². The number of aliphatic carboxylic acids is 4. The van der Waals surface area contributed by atoms with E-state index in [1.807, 2.05) is 11.8 Å². The molecule has 4 rings (SSSR count). The lowest BCUT2D eigenvalue weighted by atomic mass is 10.2. The molecule has 0 unspecified atom stereocenters. The number of carbonyl (C=O) groups is 4. The van der Waals surface area contributed by atoms with Crippen LogP contribution < -0.4 is 4.90 Å². The molecule has 0 aliphatic carbocycles. The van der Waals surface area contributed by atoms with E-state index in [0.717, 1.165) is 6.54 Å². The third kappa shape index (κ3) is 12.7. The molecule has 1 saturated heterocycles. The van der Waals surface area contributed by atoms with Gasteiger partial charge in [-0.25, -0.2) is 19.2 Å². The number of para-hydroxylation sites is 2. The number of nitrogens with zero attached hydrogens (tertiary/aromatic N) is 3. The number of anilines is 2. The zero-order valence-corrected chi connectivity index (χ0v) is 23.6. The van der Waals surface area contributed by atoms with E-state index in [4.69, 9.17) is 20.4 Å². The Morgan fingerprint density at radius 3 is 1.46 bits per heavy atom.